The zero-order valence-electron chi connectivity index (χ0n) is 8.55. The van der Waals surface area contributed by atoms with Crippen LogP contribution >= 0.6 is 11.6 Å². The van der Waals surface area contributed by atoms with Crippen LogP contribution < -0.4 is 5.32 Å². The largest absolute Gasteiger partial charge is 0.340 e. The lowest BCUT2D eigenvalue weighted by molar-refractivity contribution is 0.199. The Morgan fingerprint density at radius 1 is 1.56 bits per heavy atom. The van der Waals surface area contributed by atoms with Gasteiger partial charge in [-0.2, -0.15) is 13.4 Å². The van der Waals surface area contributed by atoms with Crippen LogP contribution in [0.1, 0.15) is 0 Å². The first kappa shape index (κ1) is 15.1. The molecule has 0 aliphatic rings. The standard InChI is InChI=1S/C6H12ClN3O5S/c1-16(13,14)15-5-3-8-6(11)10(9-12)4-2-7/h2-5H2,1H3,(H,8,11). The molecule has 2 amide bonds. The van der Waals surface area contributed by atoms with Gasteiger partial charge in [0.25, 0.3) is 10.1 Å². The van der Waals surface area contributed by atoms with Crippen molar-refractivity contribution >= 4 is 27.8 Å². The maximum absolute atomic E-state index is 11.1. The minimum Gasteiger partial charge on any atom is -0.334 e. The average Bonchev–Trinajstić information content (AvgIpc) is 2.19. The van der Waals surface area contributed by atoms with E-state index in [1.54, 1.807) is 0 Å². The molecule has 1 N–H and O–H groups in total. The summed E-state index contributed by atoms with van der Waals surface area (Å²) in [6.07, 6.45) is 0.890. The van der Waals surface area contributed by atoms with E-state index in [0.717, 1.165) is 6.26 Å². The van der Waals surface area contributed by atoms with Crippen molar-refractivity contribution in [1.29, 1.82) is 0 Å². The van der Waals surface area contributed by atoms with E-state index in [2.05, 4.69) is 14.8 Å². The number of urea groups is 1. The van der Waals surface area contributed by atoms with Gasteiger partial charge in [0.2, 0.25) is 0 Å². The predicted octanol–water partition coefficient (Wildman–Crippen LogP) is -0.106. The number of nitrogens with one attached hydrogen (secondary N) is 1. The summed E-state index contributed by atoms with van der Waals surface area (Å²) in [6.45, 7) is -0.290. The summed E-state index contributed by atoms with van der Waals surface area (Å²) >= 11 is 5.32. The molecule has 10 heteroatoms. The van der Waals surface area contributed by atoms with E-state index in [1.165, 1.54) is 0 Å². The number of nitrogens with zero attached hydrogens (tertiary/aromatic N) is 2. The molecule has 0 heterocycles. The lowest BCUT2D eigenvalue weighted by Crippen LogP contribution is -2.39. The van der Waals surface area contributed by atoms with Crippen LogP contribution in [0.15, 0.2) is 5.29 Å². The van der Waals surface area contributed by atoms with Crippen molar-refractivity contribution in [3.05, 3.63) is 4.91 Å². The van der Waals surface area contributed by atoms with E-state index in [-0.39, 0.29) is 25.6 Å². The van der Waals surface area contributed by atoms with Crippen molar-refractivity contribution in [3.8, 4) is 0 Å². The molecular weight excluding hydrogens is 262 g/mol. The zero-order valence-corrected chi connectivity index (χ0v) is 10.1. The first-order chi connectivity index (χ1) is 7.40. The van der Waals surface area contributed by atoms with E-state index in [4.69, 9.17) is 11.6 Å². The maximum atomic E-state index is 11.1. The molecule has 0 aliphatic carbocycles. The Morgan fingerprint density at radius 3 is 2.62 bits per heavy atom. The number of alkyl halides is 1. The molecule has 0 aliphatic heterocycles. The van der Waals surface area contributed by atoms with Gasteiger partial charge in [0.15, 0.2) is 0 Å². The zero-order chi connectivity index (χ0) is 12.6. The van der Waals surface area contributed by atoms with Gasteiger partial charge in [-0.05, 0) is 0 Å². The Hall–Kier alpha value is -0.930. The monoisotopic (exact) mass is 273 g/mol. The molecule has 0 aromatic rings. The van der Waals surface area contributed by atoms with Crippen LogP contribution in [0.3, 0.4) is 0 Å². The fraction of sp³-hybridized carbons (Fsp3) is 0.833. The van der Waals surface area contributed by atoms with Gasteiger partial charge >= 0.3 is 6.03 Å². The first-order valence-corrected chi connectivity index (χ1v) is 6.55. The molecule has 8 nitrogen and oxygen atoms in total. The van der Waals surface area contributed by atoms with Crippen LogP contribution in [0.2, 0.25) is 0 Å². The normalized spacial score (nSPS) is 10.9. The van der Waals surface area contributed by atoms with Crippen LogP contribution in [0.4, 0.5) is 4.79 Å². The van der Waals surface area contributed by atoms with Crippen LogP contribution in [0, 0.1) is 4.91 Å². The molecular formula is C6H12ClN3O5S. The second-order valence-electron chi connectivity index (χ2n) is 2.65. The molecule has 16 heavy (non-hydrogen) atoms. The summed E-state index contributed by atoms with van der Waals surface area (Å²) in [4.78, 5) is 21.3. The summed E-state index contributed by atoms with van der Waals surface area (Å²) in [5.41, 5.74) is 0. The minimum absolute atomic E-state index is 0.0240. The SMILES string of the molecule is CS(=O)(=O)OCCNC(=O)N(CCCl)N=O. The lowest BCUT2D eigenvalue weighted by Gasteiger charge is -2.12. The molecule has 0 atom stereocenters. The van der Waals surface area contributed by atoms with Crippen LogP contribution in [-0.2, 0) is 14.3 Å². The minimum atomic E-state index is -3.53. The smallest absolute Gasteiger partial charge is 0.334 e. The molecule has 94 valence electrons. The molecule has 0 unspecified atom stereocenters. The molecule has 0 fully saturated rings. The highest BCUT2D eigenvalue weighted by molar-refractivity contribution is 7.85. The Bertz CT molecular complexity index is 333. The Morgan fingerprint density at radius 2 is 2.19 bits per heavy atom. The van der Waals surface area contributed by atoms with Crippen molar-refractivity contribution < 1.29 is 17.4 Å². The van der Waals surface area contributed by atoms with E-state index < -0.39 is 16.1 Å². The molecule has 0 saturated heterocycles. The predicted molar refractivity (Wildman–Crippen MR) is 57.4 cm³/mol. The Labute approximate surface area is 98.0 Å². The van der Waals surface area contributed by atoms with Gasteiger partial charge in [0, 0.05) is 12.4 Å². The fourth-order valence-electron chi connectivity index (χ4n) is 0.702. The number of carbonyl (C=O) groups is 1. The number of halogens is 1. The summed E-state index contributed by atoms with van der Waals surface area (Å²) < 4.78 is 25.4. The van der Waals surface area contributed by atoms with E-state index in [0.29, 0.717) is 5.01 Å². The third-order valence-corrected chi connectivity index (χ3v) is 2.07. The third kappa shape index (κ3) is 7.37. The van der Waals surface area contributed by atoms with Gasteiger partial charge in [-0.1, -0.05) is 0 Å². The van der Waals surface area contributed by atoms with Crippen molar-refractivity contribution in [3.63, 3.8) is 0 Å². The Kier molecular flexibility index (Phi) is 6.93. The van der Waals surface area contributed by atoms with E-state index >= 15 is 0 Å². The van der Waals surface area contributed by atoms with Gasteiger partial charge in [-0.25, -0.2) is 4.79 Å². The highest BCUT2D eigenvalue weighted by atomic mass is 35.5. The number of carbonyl (C=O) groups excluding carboxylic acids is 1. The van der Waals surface area contributed by atoms with Gasteiger partial charge in [-0.3, -0.25) is 4.18 Å². The molecule has 0 bridgehead atoms. The number of hydrogen-bond donors (Lipinski definition) is 1. The average molecular weight is 274 g/mol. The first-order valence-electron chi connectivity index (χ1n) is 4.19. The molecule has 0 aromatic heterocycles. The Balaban J connectivity index is 3.84. The van der Waals surface area contributed by atoms with Crippen molar-refractivity contribution in [2.75, 3.05) is 31.8 Å². The second kappa shape index (κ2) is 7.36. The van der Waals surface area contributed by atoms with Gasteiger partial charge in [-0.15, -0.1) is 16.5 Å². The maximum Gasteiger partial charge on any atom is 0.340 e. The van der Waals surface area contributed by atoms with Gasteiger partial charge in [0.05, 0.1) is 24.7 Å². The highest BCUT2D eigenvalue weighted by Gasteiger charge is 2.12. The summed E-state index contributed by atoms with van der Waals surface area (Å²) in [6, 6.07) is -0.757. The van der Waals surface area contributed by atoms with Crippen molar-refractivity contribution in [1.82, 2.24) is 10.3 Å². The lowest BCUT2D eigenvalue weighted by atomic mass is 10.6. The van der Waals surface area contributed by atoms with Crippen LogP contribution in [0.5, 0.6) is 0 Å². The molecule has 0 radical (unpaired) electrons. The summed E-state index contributed by atoms with van der Waals surface area (Å²) in [7, 11) is -3.53. The molecule has 0 saturated carbocycles. The third-order valence-electron chi connectivity index (χ3n) is 1.31. The van der Waals surface area contributed by atoms with Crippen molar-refractivity contribution in [2.24, 2.45) is 5.29 Å². The van der Waals surface area contributed by atoms with Gasteiger partial charge < -0.3 is 5.32 Å². The van der Waals surface area contributed by atoms with Crippen LogP contribution in [-0.4, -0.2) is 51.3 Å². The quantitative estimate of drug-likeness (QED) is 0.229. The number of amides is 2. The second-order valence-corrected chi connectivity index (χ2v) is 4.67. The summed E-state index contributed by atoms with van der Waals surface area (Å²) in [5.74, 6) is 0.0685. The summed E-state index contributed by atoms with van der Waals surface area (Å²) in [5, 5.41) is 5.26. The highest BCUT2D eigenvalue weighted by Crippen LogP contribution is 1.92. The fourth-order valence-corrected chi connectivity index (χ4v) is 1.25. The topological polar surface area (TPSA) is 105 Å². The number of rotatable bonds is 7. The number of nitroso groups, excluding NO2 is 1. The van der Waals surface area contributed by atoms with E-state index in [1.807, 2.05) is 0 Å². The van der Waals surface area contributed by atoms with E-state index in [9.17, 15) is 18.1 Å². The van der Waals surface area contributed by atoms with Gasteiger partial charge in [0.1, 0.15) is 0 Å². The molecule has 0 spiro atoms. The van der Waals surface area contributed by atoms with Crippen LogP contribution in [0.25, 0.3) is 0 Å². The molecule has 0 aromatic carbocycles. The molecule has 0 rings (SSSR count). The number of hydrogen-bond acceptors (Lipinski definition) is 6. The van der Waals surface area contributed by atoms with Crippen molar-refractivity contribution in [2.45, 2.75) is 0 Å².